The van der Waals surface area contributed by atoms with Crippen molar-refractivity contribution in [2.45, 2.75) is 6.92 Å². The Morgan fingerprint density at radius 3 is 2.60 bits per heavy atom. The summed E-state index contributed by atoms with van der Waals surface area (Å²) in [6, 6.07) is 22.0. The number of anilines is 1. The van der Waals surface area contributed by atoms with Gasteiger partial charge in [0.05, 0.1) is 18.5 Å². The van der Waals surface area contributed by atoms with Gasteiger partial charge in [-0.25, -0.2) is 9.37 Å². The number of ether oxygens (including phenoxy) is 2. The fourth-order valence-electron chi connectivity index (χ4n) is 3.72. The third kappa shape index (κ3) is 4.84. The molecule has 0 saturated heterocycles. The van der Waals surface area contributed by atoms with Gasteiger partial charge in [-0.2, -0.15) is 0 Å². The van der Waals surface area contributed by atoms with Crippen molar-refractivity contribution in [3.63, 3.8) is 0 Å². The Kier molecular flexibility index (Phi) is 5.89. The first kappa shape index (κ1) is 22.2. The summed E-state index contributed by atoms with van der Waals surface area (Å²) >= 11 is 0. The third-order valence-electron chi connectivity index (χ3n) is 5.50. The minimum absolute atomic E-state index is 0.323. The average molecular weight is 468 g/mol. The van der Waals surface area contributed by atoms with Gasteiger partial charge in [-0.05, 0) is 85.3 Å². The number of aromatic nitrogens is 2. The summed E-state index contributed by atoms with van der Waals surface area (Å²) < 4.78 is 26.3. The van der Waals surface area contributed by atoms with Crippen molar-refractivity contribution >= 4 is 17.2 Å². The number of carbonyl (C=O) groups excluding carboxylic acids is 1. The largest absolute Gasteiger partial charge is 0.495 e. The van der Waals surface area contributed by atoms with Gasteiger partial charge in [0.2, 0.25) is 0 Å². The molecular weight excluding hydrogens is 445 g/mol. The highest BCUT2D eigenvalue weighted by atomic mass is 19.1. The van der Waals surface area contributed by atoms with Gasteiger partial charge in [0.25, 0.3) is 5.91 Å². The Labute approximate surface area is 201 Å². The number of nitrogens with zero attached hydrogens (tertiary/aromatic N) is 2. The molecule has 0 radical (unpaired) electrons. The van der Waals surface area contributed by atoms with E-state index < -0.39 is 0 Å². The molecule has 5 aromatic rings. The number of fused-ring (bicyclic) bond motifs is 1. The molecule has 0 fully saturated rings. The highest BCUT2D eigenvalue weighted by Crippen LogP contribution is 2.31. The highest BCUT2D eigenvalue weighted by Gasteiger charge is 2.14. The summed E-state index contributed by atoms with van der Waals surface area (Å²) in [6.07, 6.45) is 3.91. The van der Waals surface area contributed by atoms with Crippen LogP contribution in [0.1, 0.15) is 15.9 Å². The summed E-state index contributed by atoms with van der Waals surface area (Å²) in [5.41, 5.74) is 4.52. The molecule has 0 saturated carbocycles. The van der Waals surface area contributed by atoms with Crippen LogP contribution in [0.2, 0.25) is 0 Å². The maximum atomic E-state index is 13.1. The maximum Gasteiger partial charge on any atom is 0.255 e. The van der Waals surface area contributed by atoms with Crippen LogP contribution in [0.25, 0.3) is 16.9 Å². The van der Waals surface area contributed by atoms with E-state index in [1.165, 1.54) is 24.3 Å². The summed E-state index contributed by atoms with van der Waals surface area (Å²) in [7, 11) is 1.55. The monoisotopic (exact) mass is 467 g/mol. The lowest BCUT2D eigenvalue weighted by Crippen LogP contribution is -2.12. The first-order valence-corrected chi connectivity index (χ1v) is 11.0. The first-order chi connectivity index (χ1) is 17.0. The quantitative estimate of drug-likeness (QED) is 0.310. The average Bonchev–Trinajstić information content (AvgIpc) is 3.29. The lowest BCUT2D eigenvalue weighted by atomic mass is 10.1. The van der Waals surface area contributed by atoms with E-state index >= 15 is 0 Å². The zero-order chi connectivity index (χ0) is 24.4. The van der Waals surface area contributed by atoms with Crippen molar-refractivity contribution in [2.75, 3.05) is 12.4 Å². The Morgan fingerprint density at radius 2 is 1.80 bits per heavy atom. The number of rotatable bonds is 6. The number of halogens is 1. The number of methoxy groups -OCH3 is 1. The number of hydrogen-bond donors (Lipinski definition) is 1. The molecule has 0 atom stereocenters. The van der Waals surface area contributed by atoms with Gasteiger partial charge in [-0.15, -0.1) is 0 Å². The molecule has 1 amide bonds. The predicted octanol–water partition coefficient (Wildman–Crippen LogP) is 6.50. The lowest BCUT2D eigenvalue weighted by Gasteiger charge is -2.12. The molecule has 0 bridgehead atoms. The summed E-state index contributed by atoms with van der Waals surface area (Å²) in [6.45, 7) is 2.02. The van der Waals surface area contributed by atoms with Crippen LogP contribution in [-0.4, -0.2) is 22.4 Å². The minimum Gasteiger partial charge on any atom is -0.495 e. The smallest absolute Gasteiger partial charge is 0.255 e. The maximum absolute atomic E-state index is 13.1. The first-order valence-electron chi connectivity index (χ1n) is 11.0. The van der Waals surface area contributed by atoms with Gasteiger partial charge in [-0.1, -0.05) is 6.07 Å². The molecule has 2 aromatic heterocycles. The van der Waals surface area contributed by atoms with Gasteiger partial charge in [-0.3, -0.25) is 4.79 Å². The fraction of sp³-hybridized carbons (Fsp3) is 0.0714. The van der Waals surface area contributed by atoms with E-state index in [2.05, 4.69) is 5.32 Å². The summed E-state index contributed by atoms with van der Waals surface area (Å²) in [5.74, 6) is 0.794. The Hall–Kier alpha value is -4.65. The van der Waals surface area contributed by atoms with Crippen molar-refractivity contribution < 1.29 is 18.7 Å². The molecular formula is C28H22FN3O3. The molecule has 0 aliphatic carbocycles. The Morgan fingerprint density at radius 1 is 0.971 bits per heavy atom. The number of imidazole rings is 1. The molecule has 3 aromatic carbocycles. The van der Waals surface area contributed by atoms with Gasteiger partial charge in [0, 0.05) is 23.5 Å². The van der Waals surface area contributed by atoms with E-state index in [-0.39, 0.29) is 11.7 Å². The molecule has 5 rings (SSSR count). The lowest BCUT2D eigenvalue weighted by molar-refractivity contribution is 0.102. The second-order valence-electron chi connectivity index (χ2n) is 8.05. The van der Waals surface area contributed by atoms with Crippen molar-refractivity contribution in [3.05, 3.63) is 108 Å². The van der Waals surface area contributed by atoms with E-state index in [0.29, 0.717) is 28.5 Å². The molecule has 0 aliphatic heterocycles. The number of pyridine rings is 1. The van der Waals surface area contributed by atoms with Crippen molar-refractivity contribution in [1.29, 1.82) is 0 Å². The van der Waals surface area contributed by atoms with Crippen LogP contribution in [0.4, 0.5) is 10.1 Å². The van der Waals surface area contributed by atoms with Crippen LogP contribution in [0.15, 0.2) is 91.3 Å². The number of carbonyl (C=O) groups is 1. The molecule has 1 N–H and O–H groups in total. The van der Waals surface area contributed by atoms with Gasteiger partial charge in [0.1, 0.15) is 28.7 Å². The third-order valence-corrected chi connectivity index (χ3v) is 5.50. The second-order valence-corrected chi connectivity index (χ2v) is 8.05. The van der Waals surface area contributed by atoms with Crippen molar-refractivity contribution in [3.8, 4) is 28.5 Å². The van der Waals surface area contributed by atoms with E-state index in [1.54, 1.807) is 37.4 Å². The van der Waals surface area contributed by atoms with Gasteiger partial charge >= 0.3 is 0 Å². The molecule has 0 aliphatic rings. The second kappa shape index (κ2) is 9.30. The Balaban J connectivity index is 1.40. The van der Waals surface area contributed by atoms with E-state index in [1.807, 2.05) is 48.0 Å². The zero-order valence-corrected chi connectivity index (χ0v) is 19.2. The molecule has 0 unspecified atom stereocenters. The van der Waals surface area contributed by atoms with Gasteiger partial charge < -0.3 is 19.2 Å². The summed E-state index contributed by atoms with van der Waals surface area (Å²) in [4.78, 5) is 17.8. The van der Waals surface area contributed by atoms with E-state index in [9.17, 15) is 9.18 Å². The van der Waals surface area contributed by atoms with Gasteiger partial charge in [0.15, 0.2) is 0 Å². The highest BCUT2D eigenvalue weighted by molar-refractivity contribution is 6.05. The predicted molar refractivity (Wildman–Crippen MR) is 133 cm³/mol. The van der Waals surface area contributed by atoms with Crippen LogP contribution in [0.3, 0.4) is 0 Å². The number of hydrogen-bond acceptors (Lipinski definition) is 4. The van der Waals surface area contributed by atoms with Crippen LogP contribution in [0.5, 0.6) is 17.2 Å². The fourth-order valence-corrected chi connectivity index (χ4v) is 3.72. The number of amides is 1. The Bertz CT molecular complexity index is 1530. The number of aryl methyl sites for hydroxylation is 1. The molecule has 174 valence electrons. The molecule has 0 spiro atoms. The molecule has 6 nitrogen and oxygen atoms in total. The zero-order valence-electron chi connectivity index (χ0n) is 19.2. The van der Waals surface area contributed by atoms with Crippen LogP contribution < -0.4 is 14.8 Å². The molecule has 7 heteroatoms. The van der Waals surface area contributed by atoms with Crippen LogP contribution >= 0.6 is 0 Å². The molecule has 35 heavy (non-hydrogen) atoms. The minimum atomic E-state index is -0.347. The SMILES string of the molecule is COc1ccc(-c2cn3ccc(C)cc3n2)cc1NC(=O)c1cccc(Oc2ccc(F)cc2)c1. The topological polar surface area (TPSA) is 64.9 Å². The molecule has 2 heterocycles. The standard InChI is InChI=1S/C28H22FN3O3/c1-18-12-13-32-17-25(30-27(32)14-18)19-6-11-26(34-2)24(16-19)31-28(33)20-4-3-5-23(15-20)35-22-9-7-21(29)8-10-22/h3-17H,1-2H3,(H,31,33). The number of nitrogens with one attached hydrogen (secondary N) is 1. The number of benzene rings is 3. The van der Waals surface area contributed by atoms with Crippen LogP contribution in [-0.2, 0) is 0 Å². The summed E-state index contributed by atoms with van der Waals surface area (Å²) in [5, 5.41) is 2.93. The van der Waals surface area contributed by atoms with Crippen molar-refractivity contribution in [2.24, 2.45) is 0 Å². The van der Waals surface area contributed by atoms with E-state index in [4.69, 9.17) is 14.5 Å². The van der Waals surface area contributed by atoms with Crippen molar-refractivity contribution in [1.82, 2.24) is 9.38 Å². The normalized spacial score (nSPS) is 10.8. The van der Waals surface area contributed by atoms with E-state index in [0.717, 1.165) is 22.5 Å². The van der Waals surface area contributed by atoms with Crippen LogP contribution in [0, 0.1) is 12.7 Å².